The van der Waals surface area contributed by atoms with Gasteiger partial charge in [0.05, 0.1) is 6.61 Å². The smallest absolute Gasteiger partial charge is 0.0590 e. The third kappa shape index (κ3) is 4.05. The first-order chi connectivity index (χ1) is 9.42. The van der Waals surface area contributed by atoms with Gasteiger partial charge in [-0.3, -0.25) is 4.90 Å². The maximum absolute atomic E-state index is 6.09. The van der Waals surface area contributed by atoms with Crippen LogP contribution in [0.2, 0.25) is 0 Å². The van der Waals surface area contributed by atoms with Crippen LogP contribution in [0.5, 0.6) is 0 Å². The third-order valence-electron chi connectivity index (χ3n) is 4.08. The normalized spacial score (nSPS) is 13.2. The lowest BCUT2D eigenvalue weighted by Gasteiger charge is -2.35. The summed E-state index contributed by atoms with van der Waals surface area (Å²) in [6.45, 7) is 13.2. The standard InChI is InChI=1S/C17H30N2O/c1-12(2)19(7-8-20-6)17(11-18)16-10-14(4)13(3)9-15(16)5/h9-10,12,17H,7-8,11,18H2,1-6H3. The molecule has 0 saturated heterocycles. The van der Waals surface area contributed by atoms with E-state index >= 15 is 0 Å². The van der Waals surface area contributed by atoms with E-state index in [1.807, 2.05) is 0 Å². The number of rotatable bonds is 7. The Labute approximate surface area is 124 Å². The highest BCUT2D eigenvalue weighted by atomic mass is 16.5. The molecule has 0 heterocycles. The molecule has 0 aliphatic heterocycles. The minimum absolute atomic E-state index is 0.254. The molecule has 114 valence electrons. The summed E-state index contributed by atoms with van der Waals surface area (Å²) in [4.78, 5) is 2.43. The summed E-state index contributed by atoms with van der Waals surface area (Å²) < 4.78 is 5.24. The Kier molecular flexibility index (Phi) is 6.66. The lowest BCUT2D eigenvalue weighted by atomic mass is 9.94. The average Bonchev–Trinajstić information content (AvgIpc) is 2.39. The lowest BCUT2D eigenvalue weighted by molar-refractivity contribution is 0.0977. The van der Waals surface area contributed by atoms with Gasteiger partial charge in [-0.15, -0.1) is 0 Å². The van der Waals surface area contributed by atoms with Gasteiger partial charge in [0.15, 0.2) is 0 Å². The molecule has 1 unspecified atom stereocenters. The summed E-state index contributed by atoms with van der Waals surface area (Å²) in [5.41, 5.74) is 11.4. The fraction of sp³-hybridized carbons (Fsp3) is 0.647. The first-order valence-electron chi connectivity index (χ1n) is 7.44. The molecule has 0 bridgehead atoms. The topological polar surface area (TPSA) is 38.5 Å². The molecule has 0 amide bonds. The molecule has 0 aromatic heterocycles. The number of nitrogens with zero attached hydrogens (tertiary/aromatic N) is 1. The summed E-state index contributed by atoms with van der Waals surface area (Å²) in [5, 5.41) is 0. The van der Waals surface area contributed by atoms with Crippen molar-refractivity contribution in [2.45, 2.75) is 46.7 Å². The number of benzene rings is 1. The molecule has 1 aromatic rings. The summed E-state index contributed by atoms with van der Waals surface area (Å²) in [5.74, 6) is 0. The van der Waals surface area contributed by atoms with Crippen molar-refractivity contribution in [2.75, 3.05) is 26.8 Å². The Morgan fingerprint density at radius 3 is 2.20 bits per heavy atom. The molecule has 0 aliphatic rings. The molecule has 1 atom stereocenters. The maximum atomic E-state index is 6.09. The molecule has 1 rings (SSSR count). The average molecular weight is 278 g/mol. The quantitative estimate of drug-likeness (QED) is 0.833. The molecule has 0 spiro atoms. The van der Waals surface area contributed by atoms with Gasteiger partial charge in [-0.25, -0.2) is 0 Å². The predicted molar refractivity (Wildman–Crippen MR) is 86.2 cm³/mol. The minimum Gasteiger partial charge on any atom is -0.383 e. The van der Waals surface area contributed by atoms with E-state index in [9.17, 15) is 0 Å². The highest BCUT2D eigenvalue weighted by molar-refractivity contribution is 5.38. The van der Waals surface area contributed by atoms with Crippen LogP contribution in [0, 0.1) is 20.8 Å². The SMILES string of the molecule is COCCN(C(C)C)C(CN)c1cc(C)c(C)cc1C. The second-order valence-corrected chi connectivity index (χ2v) is 5.87. The Morgan fingerprint density at radius 2 is 1.70 bits per heavy atom. The van der Waals surface area contributed by atoms with Gasteiger partial charge in [0.25, 0.3) is 0 Å². The summed E-state index contributed by atoms with van der Waals surface area (Å²) in [6, 6.07) is 5.26. The number of nitrogens with two attached hydrogens (primary N) is 1. The fourth-order valence-corrected chi connectivity index (χ4v) is 2.75. The van der Waals surface area contributed by atoms with Gasteiger partial charge in [-0.2, -0.15) is 0 Å². The molecule has 0 fully saturated rings. The van der Waals surface area contributed by atoms with Crippen molar-refractivity contribution in [1.29, 1.82) is 0 Å². The fourth-order valence-electron chi connectivity index (χ4n) is 2.75. The molecule has 0 saturated carbocycles. The van der Waals surface area contributed by atoms with Crippen molar-refractivity contribution in [1.82, 2.24) is 4.90 Å². The first-order valence-corrected chi connectivity index (χ1v) is 7.44. The van der Waals surface area contributed by atoms with Crippen molar-refractivity contribution in [3.05, 3.63) is 34.4 Å². The van der Waals surface area contributed by atoms with E-state index in [4.69, 9.17) is 10.5 Å². The largest absolute Gasteiger partial charge is 0.383 e. The van der Waals surface area contributed by atoms with Crippen LogP contribution in [0.3, 0.4) is 0 Å². The Balaban J connectivity index is 3.12. The molecule has 3 nitrogen and oxygen atoms in total. The van der Waals surface area contributed by atoms with Gasteiger partial charge in [0, 0.05) is 32.3 Å². The Morgan fingerprint density at radius 1 is 1.10 bits per heavy atom. The van der Waals surface area contributed by atoms with Crippen LogP contribution < -0.4 is 5.73 Å². The van der Waals surface area contributed by atoms with Crippen LogP contribution in [-0.4, -0.2) is 37.7 Å². The van der Waals surface area contributed by atoms with Crippen molar-refractivity contribution in [3.63, 3.8) is 0 Å². The molecule has 20 heavy (non-hydrogen) atoms. The molecule has 2 N–H and O–H groups in total. The number of ether oxygens (including phenoxy) is 1. The van der Waals surface area contributed by atoms with E-state index in [0.717, 1.165) is 13.2 Å². The number of hydrogen-bond acceptors (Lipinski definition) is 3. The van der Waals surface area contributed by atoms with Gasteiger partial charge in [0.1, 0.15) is 0 Å². The molecular weight excluding hydrogens is 248 g/mol. The van der Waals surface area contributed by atoms with Gasteiger partial charge in [-0.05, 0) is 56.9 Å². The van der Waals surface area contributed by atoms with Crippen LogP contribution >= 0.6 is 0 Å². The predicted octanol–water partition coefficient (Wildman–Crippen LogP) is 2.97. The Bertz CT molecular complexity index is 429. The van der Waals surface area contributed by atoms with E-state index < -0.39 is 0 Å². The highest BCUT2D eigenvalue weighted by Gasteiger charge is 2.23. The second-order valence-electron chi connectivity index (χ2n) is 5.87. The highest BCUT2D eigenvalue weighted by Crippen LogP contribution is 2.27. The van der Waals surface area contributed by atoms with Crippen LogP contribution in [-0.2, 0) is 4.74 Å². The van der Waals surface area contributed by atoms with E-state index in [1.54, 1.807) is 7.11 Å². The van der Waals surface area contributed by atoms with Gasteiger partial charge < -0.3 is 10.5 Å². The summed E-state index contributed by atoms with van der Waals surface area (Å²) >= 11 is 0. The van der Waals surface area contributed by atoms with Gasteiger partial charge in [0.2, 0.25) is 0 Å². The summed E-state index contributed by atoms with van der Waals surface area (Å²) in [7, 11) is 1.75. The monoisotopic (exact) mass is 278 g/mol. The van der Waals surface area contributed by atoms with Crippen LogP contribution in [0.15, 0.2) is 12.1 Å². The van der Waals surface area contributed by atoms with Crippen molar-refractivity contribution in [3.8, 4) is 0 Å². The molecular formula is C17H30N2O. The lowest BCUT2D eigenvalue weighted by Crippen LogP contribution is -2.41. The molecule has 0 aliphatic carbocycles. The second kappa shape index (κ2) is 7.77. The van der Waals surface area contributed by atoms with Gasteiger partial charge >= 0.3 is 0 Å². The third-order valence-corrected chi connectivity index (χ3v) is 4.08. The van der Waals surface area contributed by atoms with Crippen molar-refractivity contribution < 1.29 is 4.74 Å². The van der Waals surface area contributed by atoms with Crippen LogP contribution in [0.4, 0.5) is 0 Å². The minimum atomic E-state index is 0.254. The van der Waals surface area contributed by atoms with E-state index in [-0.39, 0.29) is 6.04 Å². The number of hydrogen-bond donors (Lipinski definition) is 1. The van der Waals surface area contributed by atoms with E-state index in [2.05, 4.69) is 51.7 Å². The zero-order valence-corrected chi connectivity index (χ0v) is 13.9. The molecule has 0 radical (unpaired) electrons. The maximum Gasteiger partial charge on any atom is 0.0590 e. The molecule has 1 aromatic carbocycles. The van der Waals surface area contributed by atoms with Crippen molar-refractivity contribution in [2.24, 2.45) is 5.73 Å². The number of aryl methyl sites for hydroxylation is 3. The van der Waals surface area contributed by atoms with Crippen LogP contribution in [0.1, 0.15) is 42.1 Å². The summed E-state index contributed by atoms with van der Waals surface area (Å²) in [6.07, 6.45) is 0. The molecule has 3 heteroatoms. The first kappa shape index (κ1) is 17.2. The van der Waals surface area contributed by atoms with Crippen LogP contribution in [0.25, 0.3) is 0 Å². The Hall–Kier alpha value is -0.900. The zero-order valence-electron chi connectivity index (χ0n) is 13.9. The zero-order chi connectivity index (χ0) is 15.3. The van der Waals surface area contributed by atoms with E-state index in [1.165, 1.54) is 22.3 Å². The van der Waals surface area contributed by atoms with E-state index in [0.29, 0.717) is 12.6 Å². The number of methoxy groups -OCH3 is 1. The van der Waals surface area contributed by atoms with Crippen molar-refractivity contribution >= 4 is 0 Å². The van der Waals surface area contributed by atoms with Gasteiger partial charge in [-0.1, -0.05) is 12.1 Å².